The summed E-state index contributed by atoms with van der Waals surface area (Å²) in [5.74, 6) is 0. The summed E-state index contributed by atoms with van der Waals surface area (Å²) < 4.78 is 10.1. The first-order valence-corrected chi connectivity index (χ1v) is 8.66. The van der Waals surface area contributed by atoms with Crippen LogP contribution in [0.5, 0.6) is 0 Å². The predicted octanol–water partition coefficient (Wildman–Crippen LogP) is 5.47. The van der Waals surface area contributed by atoms with Crippen LogP contribution in [0, 0.1) is 0 Å². The van der Waals surface area contributed by atoms with E-state index in [0.717, 1.165) is 32.1 Å². The Morgan fingerprint density at radius 1 is 1.04 bits per heavy atom. The lowest BCUT2D eigenvalue weighted by Gasteiger charge is -2.09. The highest BCUT2D eigenvalue weighted by atomic mass is 16.3. The van der Waals surface area contributed by atoms with Gasteiger partial charge in [-0.25, -0.2) is 0 Å². The first kappa shape index (κ1) is 18.3. The Morgan fingerprint density at radius 2 is 1.71 bits per heavy atom. The predicted molar refractivity (Wildman–Crippen MR) is 96.8 cm³/mol. The minimum absolute atomic E-state index is 0.399. The molecule has 3 heteroatoms. The molecule has 0 fully saturated rings. The van der Waals surface area contributed by atoms with E-state index in [1.54, 1.807) is 25.1 Å². The topological polar surface area (TPSA) is 46.5 Å². The molecule has 2 rings (SSSR count). The van der Waals surface area contributed by atoms with Crippen molar-refractivity contribution < 1.29 is 13.9 Å². The van der Waals surface area contributed by atoms with Crippen LogP contribution in [-0.4, -0.2) is 11.2 Å². The molecule has 0 saturated carbocycles. The second kappa shape index (κ2) is 9.99. The van der Waals surface area contributed by atoms with Crippen molar-refractivity contribution in [3.8, 4) is 0 Å². The van der Waals surface area contributed by atoms with Crippen LogP contribution in [-0.2, 0) is 12.8 Å². The van der Waals surface area contributed by atoms with Gasteiger partial charge in [0.1, 0.15) is 0 Å². The lowest BCUT2D eigenvalue weighted by molar-refractivity contribution is 0.222. The van der Waals surface area contributed by atoms with Gasteiger partial charge in [-0.1, -0.05) is 23.3 Å². The van der Waals surface area contributed by atoms with Gasteiger partial charge in [0, 0.05) is 0 Å². The molecule has 0 aliphatic heterocycles. The molecule has 0 aromatic carbocycles. The van der Waals surface area contributed by atoms with Crippen LogP contribution < -0.4 is 0 Å². The van der Waals surface area contributed by atoms with Crippen molar-refractivity contribution in [2.45, 2.75) is 58.5 Å². The van der Waals surface area contributed by atoms with Crippen LogP contribution in [0.4, 0.5) is 0 Å². The number of aliphatic hydroxyl groups is 1. The Kier molecular flexibility index (Phi) is 7.63. The summed E-state index contributed by atoms with van der Waals surface area (Å²) in [5.41, 5.74) is 4.93. The zero-order valence-corrected chi connectivity index (χ0v) is 14.7. The van der Waals surface area contributed by atoms with E-state index >= 15 is 0 Å². The monoisotopic (exact) mass is 328 g/mol. The standard InChI is InChI=1S/C21H28O3/c1-17(5-3-7-19-9-11-23-15-19)13-21(22)14-18(2)6-4-8-20-10-12-24-16-20/h5,9-12,14-16,21-22H,3-4,6-8,13H2,1-2H3. The SMILES string of the molecule is CC(=CC(O)CC(C)=CCCc1ccoc1)CCCc1ccoc1. The van der Waals surface area contributed by atoms with Crippen LogP contribution >= 0.6 is 0 Å². The molecule has 0 radical (unpaired) electrons. The van der Waals surface area contributed by atoms with Crippen LogP contribution in [0.1, 0.15) is 50.7 Å². The van der Waals surface area contributed by atoms with Crippen molar-refractivity contribution in [2.75, 3.05) is 0 Å². The number of hydrogen-bond acceptors (Lipinski definition) is 3. The minimum Gasteiger partial charge on any atom is -0.472 e. The number of furan rings is 2. The fraction of sp³-hybridized carbons (Fsp3) is 0.429. The molecule has 0 saturated heterocycles. The Morgan fingerprint density at radius 3 is 2.33 bits per heavy atom. The lowest BCUT2D eigenvalue weighted by Crippen LogP contribution is -2.04. The van der Waals surface area contributed by atoms with Gasteiger partial charge < -0.3 is 13.9 Å². The van der Waals surface area contributed by atoms with Crippen molar-refractivity contribution in [3.05, 3.63) is 71.6 Å². The molecule has 0 bridgehead atoms. The molecule has 130 valence electrons. The third-order valence-corrected chi connectivity index (χ3v) is 4.13. The Hall–Kier alpha value is -2.00. The number of hydrogen-bond donors (Lipinski definition) is 1. The van der Waals surface area contributed by atoms with E-state index in [2.05, 4.69) is 19.9 Å². The minimum atomic E-state index is -0.399. The Labute approximate surface area is 144 Å². The molecular formula is C21H28O3. The second-order valence-electron chi connectivity index (χ2n) is 6.49. The third kappa shape index (κ3) is 7.05. The van der Waals surface area contributed by atoms with Gasteiger partial charge >= 0.3 is 0 Å². The number of aryl methyl sites for hydroxylation is 2. The van der Waals surface area contributed by atoms with E-state index in [0.29, 0.717) is 6.42 Å². The zero-order valence-electron chi connectivity index (χ0n) is 14.7. The average molecular weight is 328 g/mol. The number of rotatable bonds is 10. The summed E-state index contributed by atoms with van der Waals surface area (Å²) in [6, 6.07) is 4.00. The lowest BCUT2D eigenvalue weighted by atomic mass is 10.0. The van der Waals surface area contributed by atoms with Crippen molar-refractivity contribution in [1.82, 2.24) is 0 Å². The summed E-state index contributed by atoms with van der Waals surface area (Å²) in [6.45, 7) is 4.18. The van der Waals surface area contributed by atoms with Gasteiger partial charge in [0.2, 0.25) is 0 Å². The van der Waals surface area contributed by atoms with E-state index < -0.39 is 6.10 Å². The number of aliphatic hydroxyl groups excluding tert-OH is 1. The van der Waals surface area contributed by atoms with Crippen LogP contribution in [0.3, 0.4) is 0 Å². The van der Waals surface area contributed by atoms with Gasteiger partial charge in [-0.3, -0.25) is 0 Å². The summed E-state index contributed by atoms with van der Waals surface area (Å²) in [4.78, 5) is 0. The smallest absolute Gasteiger partial charge is 0.0934 e. The largest absolute Gasteiger partial charge is 0.472 e. The molecule has 3 nitrogen and oxygen atoms in total. The second-order valence-corrected chi connectivity index (χ2v) is 6.49. The van der Waals surface area contributed by atoms with E-state index in [9.17, 15) is 5.11 Å². The fourth-order valence-corrected chi connectivity index (χ4v) is 2.81. The Bertz CT molecular complexity index is 618. The van der Waals surface area contributed by atoms with Crippen LogP contribution in [0.15, 0.2) is 69.3 Å². The van der Waals surface area contributed by atoms with Gasteiger partial charge in [0.25, 0.3) is 0 Å². The van der Waals surface area contributed by atoms with E-state index in [1.165, 1.54) is 22.3 Å². The molecule has 0 amide bonds. The summed E-state index contributed by atoms with van der Waals surface area (Å²) in [5, 5.41) is 10.2. The quantitative estimate of drug-likeness (QED) is 0.588. The van der Waals surface area contributed by atoms with Crippen molar-refractivity contribution in [2.24, 2.45) is 0 Å². The molecular weight excluding hydrogens is 300 g/mol. The molecule has 24 heavy (non-hydrogen) atoms. The normalized spacial score (nSPS) is 14.1. The molecule has 2 aromatic heterocycles. The Balaban J connectivity index is 1.66. The van der Waals surface area contributed by atoms with Crippen molar-refractivity contribution in [1.29, 1.82) is 0 Å². The average Bonchev–Trinajstić information content (AvgIpc) is 3.20. The molecule has 0 spiro atoms. The van der Waals surface area contributed by atoms with E-state index in [4.69, 9.17) is 8.83 Å². The molecule has 1 unspecified atom stereocenters. The maximum absolute atomic E-state index is 10.2. The summed E-state index contributed by atoms with van der Waals surface area (Å²) >= 11 is 0. The molecule has 2 aromatic rings. The van der Waals surface area contributed by atoms with Crippen molar-refractivity contribution >= 4 is 0 Å². The van der Waals surface area contributed by atoms with Crippen molar-refractivity contribution in [3.63, 3.8) is 0 Å². The van der Waals surface area contributed by atoms with Gasteiger partial charge in [-0.2, -0.15) is 0 Å². The molecule has 0 aliphatic rings. The van der Waals surface area contributed by atoms with Crippen LogP contribution in [0.25, 0.3) is 0 Å². The first-order chi connectivity index (χ1) is 11.6. The maximum atomic E-state index is 10.2. The highest BCUT2D eigenvalue weighted by molar-refractivity contribution is 5.11. The van der Waals surface area contributed by atoms with Gasteiger partial charge in [0.15, 0.2) is 0 Å². The molecule has 2 heterocycles. The number of allylic oxidation sites excluding steroid dienone is 2. The van der Waals surface area contributed by atoms with Gasteiger partial charge in [0.05, 0.1) is 31.2 Å². The summed E-state index contributed by atoms with van der Waals surface area (Å²) in [6.07, 6.45) is 16.6. The molecule has 1 atom stereocenters. The van der Waals surface area contributed by atoms with E-state index in [-0.39, 0.29) is 0 Å². The molecule has 0 aliphatic carbocycles. The van der Waals surface area contributed by atoms with Crippen LogP contribution in [0.2, 0.25) is 0 Å². The molecule has 1 N–H and O–H groups in total. The third-order valence-electron chi connectivity index (χ3n) is 4.13. The first-order valence-electron chi connectivity index (χ1n) is 8.66. The fourth-order valence-electron chi connectivity index (χ4n) is 2.81. The summed E-state index contributed by atoms with van der Waals surface area (Å²) in [7, 11) is 0. The van der Waals surface area contributed by atoms with Gasteiger partial charge in [-0.15, -0.1) is 0 Å². The van der Waals surface area contributed by atoms with E-state index in [1.807, 2.05) is 18.2 Å². The maximum Gasteiger partial charge on any atom is 0.0934 e. The highest BCUT2D eigenvalue weighted by Gasteiger charge is 2.03. The van der Waals surface area contributed by atoms with Gasteiger partial charge in [-0.05, 0) is 75.6 Å². The zero-order chi connectivity index (χ0) is 17.2. The highest BCUT2D eigenvalue weighted by Crippen LogP contribution is 2.14.